The second-order valence-electron chi connectivity index (χ2n) is 5.94. The number of rotatable bonds is 8. The Balaban J connectivity index is 2.88. The molecule has 0 saturated carbocycles. The third kappa shape index (κ3) is 5.10. The van der Waals surface area contributed by atoms with Crippen LogP contribution in [0, 0.1) is 0 Å². The van der Waals surface area contributed by atoms with Gasteiger partial charge in [-0.2, -0.15) is 0 Å². The Labute approximate surface area is 127 Å². The number of hydrogen-bond donors (Lipinski definition) is 2. The van der Waals surface area contributed by atoms with Gasteiger partial charge in [-0.15, -0.1) is 0 Å². The zero-order valence-electron chi connectivity index (χ0n) is 13.5. The highest BCUT2D eigenvalue weighted by atomic mass is 32.2. The van der Waals surface area contributed by atoms with Crippen molar-refractivity contribution >= 4 is 10.0 Å². The molecular formula is C14H27N3O3S. The quantitative estimate of drug-likeness (QED) is 0.755. The van der Waals surface area contributed by atoms with Gasteiger partial charge in [0.1, 0.15) is 0 Å². The number of aliphatic hydroxyl groups excluding tert-OH is 1. The maximum Gasteiger partial charge on any atom is 0.242 e. The van der Waals surface area contributed by atoms with E-state index in [2.05, 4.69) is 4.72 Å². The van der Waals surface area contributed by atoms with E-state index in [1.54, 1.807) is 10.8 Å². The average molecular weight is 317 g/mol. The van der Waals surface area contributed by atoms with Crippen molar-refractivity contribution < 1.29 is 13.5 Å². The maximum atomic E-state index is 12.4. The van der Waals surface area contributed by atoms with Crippen molar-refractivity contribution in [1.82, 2.24) is 14.2 Å². The van der Waals surface area contributed by atoms with E-state index < -0.39 is 10.0 Å². The van der Waals surface area contributed by atoms with Crippen molar-refractivity contribution in [3.05, 3.63) is 18.0 Å². The van der Waals surface area contributed by atoms with Crippen LogP contribution in [0.1, 0.15) is 38.9 Å². The summed E-state index contributed by atoms with van der Waals surface area (Å²) in [6.45, 7) is 6.39. The predicted octanol–water partition coefficient (Wildman–Crippen LogP) is 1.18. The fourth-order valence-electron chi connectivity index (χ4n) is 2.09. The highest BCUT2D eigenvalue weighted by Gasteiger charge is 2.21. The van der Waals surface area contributed by atoms with Gasteiger partial charge in [-0.1, -0.05) is 0 Å². The summed E-state index contributed by atoms with van der Waals surface area (Å²) in [5.74, 6) is 0. The molecule has 1 aromatic heterocycles. The lowest BCUT2D eigenvalue weighted by Crippen LogP contribution is -2.34. The summed E-state index contributed by atoms with van der Waals surface area (Å²) in [4.78, 5) is 2.22. The third-order valence-corrected chi connectivity index (χ3v) is 4.86. The average Bonchev–Trinajstić information content (AvgIpc) is 2.80. The number of nitrogens with one attached hydrogen (secondary N) is 1. The predicted molar refractivity (Wildman–Crippen MR) is 83.7 cm³/mol. The smallest absolute Gasteiger partial charge is 0.242 e. The summed E-state index contributed by atoms with van der Waals surface area (Å²) >= 11 is 0. The molecular weight excluding hydrogens is 290 g/mol. The second kappa shape index (κ2) is 7.40. The molecule has 0 fully saturated rings. The van der Waals surface area contributed by atoms with Crippen molar-refractivity contribution in [2.24, 2.45) is 0 Å². The van der Waals surface area contributed by atoms with Crippen LogP contribution >= 0.6 is 0 Å². The summed E-state index contributed by atoms with van der Waals surface area (Å²) in [7, 11) is 0.359. The standard InChI is InChI=1S/C14H27N3O3S/c1-11(2)17-9-14(8-13(17)10-18)21(19,20)15-12(3)6-7-16(4)5/h8-9,11-12,15,18H,6-7,10H2,1-5H3. The Hall–Kier alpha value is -0.890. The molecule has 0 bridgehead atoms. The minimum Gasteiger partial charge on any atom is -0.390 e. The van der Waals surface area contributed by atoms with Crippen molar-refractivity contribution in [2.45, 2.75) is 50.8 Å². The summed E-state index contributed by atoms with van der Waals surface area (Å²) in [6.07, 6.45) is 2.32. The maximum absolute atomic E-state index is 12.4. The summed E-state index contributed by atoms with van der Waals surface area (Å²) in [5.41, 5.74) is 0.603. The van der Waals surface area contributed by atoms with Crippen LogP contribution in [0.4, 0.5) is 0 Å². The lowest BCUT2D eigenvalue weighted by atomic mass is 10.2. The van der Waals surface area contributed by atoms with E-state index in [0.29, 0.717) is 5.69 Å². The lowest BCUT2D eigenvalue weighted by molar-refractivity contribution is 0.268. The van der Waals surface area contributed by atoms with Gasteiger partial charge in [-0.05, 0) is 53.9 Å². The highest BCUT2D eigenvalue weighted by Crippen LogP contribution is 2.19. The normalized spacial score (nSPS) is 14.1. The Morgan fingerprint density at radius 2 is 1.95 bits per heavy atom. The zero-order chi connectivity index (χ0) is 16.2. The second-order valence-corrected chi connectivity index (χ2v) is 7.65. The van der Waals surface area contributed by atoms with Crippen LogP contribution in [-0.4, -0.2) is 49.7 Å². The molecule has 21 heavy (non-hydrogen) atoms. The molecule has 122 valence electrons. The Morgan fingerprint density at radius 1 is 1.33 bits per heavy atom. The summed E-state index contributed by atoms with van der Waals surface area (Å²) in [6, 6.07) is 1.49. The first-order valence-electron chi connectivity index (χ1n) is 7.16. The molecule has 6 nitrogen and oxygen atoms in total. The zero-order valence-corrected chi connectivity index (χ0v) is 14.3. The van der Waals surface area contributed by atoms with Gasteiger partial charge < -0.3 is 14.6 Å². The molecule has 0 amide bonds. The number of aromatic nitrogens is 1. The fourth-order valence-corrected chi connectivity index (χ4v) is 3.42. The first kappa shape index (κ1) is 18.2. The Kier molecular flexibility index (Phi) is 6.40. The van der Waals surface area contributed by atoms with Crippen LogP contribution in [0.3, 0.4) is 0 Å². The van der Waals surface area contributed by atoms with Crippen molar-refractivity contribution in [1.29, 1.82) is 0 Å². The minimum absolute atomic E-state index is 0.0993. The molecule has 0 aliphatic carbocycles. The minimum atomic E-state index is -3.55. The van der Waals surface area contributed by atoms with E-state index >= 15 is 0 Å². The molecule has 0 saturated heterocycles. The molecule has 1 atom stereocenters. The van der Waals surface area contributed by atoms with Gasteiger partial charge in [0.15, 0.2) is 0 Å². The monoisotopic (exact) mass is 317 g/mol. The fraction of sp³-hybridized carbons (Fsp3) is 0.714. The number of hydrogen-bond acceptors (Lipinski definition) is 4. The van der Waals surface area contributed by atoms with E-state index in [9.17, 15) is 13.5 Å². The number of nitrogens with zero attached hydrogens (tertiary/aromatic N) is 2. The lowest BCUT2D eigenvalue weighted by Gasteiger charge is -2.16. The molecule has 7 heteroatoms. The van der Waals surface area contributed by atoms with Crippen LogP contribution in [0.5, 0.6) is 0 Å². The van der Waals surface area contributed by atoms with Crippen LogP contribution in [0.2, 0.25) is 0 Å². The van der Waals surface area contributed by atoms with Crippen LogP contribution in [-0.2, 0) is 16.6 Å². The van der Waals surface area contributed by atoms with Gasteiger partial charge in [-0.25, -0.2) is 13.1 Å². The molecule has 1 rings (SSSR count). The molecule has 1 unspecified atom stereocenters. The van der Waals surface area contributed by atoms with Gasteiger partial charge in [0.2, 0.25) is 10.0 Å². The molecule has 2 N–H and O–H groups in total. The van der Waals surface area contributed by atoms with E-state index in [4.69, 9.17) is 0 Å². The molecule has 0 aromatic carbocycles. The molecule has 0 aliphatic rings. The van der Waals surface area contributed by atoms with Gasteiger partial charge >= 0.3 is 0 Å². The van der Waals surface area contributed by atoms with E-state index in [1.165, 1.54) is 6.07 Å². The van der Waals surface area contributed by atoms with Gasteiger partial charge in [-0.3, -0.25) is 0 Å². The number of sulfonamides is 1. The molecule has 1 aromatic rings. The van der Waals surface area contributed by atoms with E-state index in [1.807, 2.05) is 39.8 Å². The molecule has 0 spiro atoms. The molecule has 0 aliphatic heterocycles. The first-order valence-corrected chi connectivity index (χ1v) is 8.64. The molecule has 1 heterocycles. The summed E-state index contributed by atoms with van der Waals surface area (Å²) in [5, 5.41) is 9.33. The van der Waals surface area contributed by atoms with Gasteiger partial charge in [0.05, 0.1) is 11.5 Å². The van der Waals surface area contributed by atoms with Crippen LogP contribution in [0.25, 0.3) is 0 Å². The van der Waals surface area contributed by atoms with Crippen molar-refractivity contribution in [3.8, 4) is 0 Å². The van der Waals surface area contributed by atoms with Crippen molar-refractivity contribution in [2.75, 3.05) is 20.6 Å². The van der Waals surface area contributed by atoms with Crippen LogP contribution < -0.4 is 4.72 Å². The Bertz CT molecular complexity index is 550. The summed E-state index contributed by atoms with van der Waals surface area (Å²) < 4.78 is 29.2. The number of aliphatic hydroxyl groups is 1. The van der Waals surface area contributed by atoms with Crippen LogP contribution in [0.15, 0.2) is 17.2 Å². The van der Waals surface area contributed by atoms with E-state index in [0.717, 1.165) is 13.0 Å². The largest absolute Gasteiger partial charge is 0.390 e. The highest BCUT2D eigenvalue weighted by molar-refractivity contribution is 7.89. The van der Waals surface area contributed by atoms with Gasteiger partial charge in [0.25, 0.3) is 0 Å². The SMILES string of the molecule is CC(CCN(C)C)NS(=O)(=O)c1cc(CO)n(C(C)C)c1. The van der Waals surface area contributed by atoms with E-state index in [-0.39, 0.29) is 23.6 Å². The molecule has 0 radical (unpaired) electrons. The topological polar surface area (TPSA) is 74.6 Å². The first-order chi connectivity index (χ1) is 9.67. The third-order valence-electron chi connectivity index (χ3n) is 3.30. The van der Waals surface area contributed by atoms with Crippen molar-refractivity contribution in [3.63, 3.8) is 0 Å². The van der Waals surface area contributed by atoms with Gasteiger partial charge in [0, 0.05) is 24.0 Å². The Morgan fingerprint density at radius 3 is 2.38 bits per heavy atom.